The molecule has 1 N–H and O–H groups in total. The van der Waals surface area contributed by atoms with E-state index in [0.717, 1.165) is 32.4 Å². The molecule has 3 rings (SSSR count). The molecule has 1 amide bonds. The normalized spacial score (nSPS) is 22.5. The van der Waals surface area contributed by atoms with Gasteiger partial charge in [0.05, 0.1) is 12.3 Å². The Bertz CT molecular complexity index is 529. The van der Waals surface area contributed by atoms with Crippen LogP contribution in [0.5, 0.6) is 0 Å². The first-order valence-corrected chi connectivity index (χ1v) is 8.88. The fourth-order valence-corrected chi connectivity index (χ4v) is 3.74. The van der Waals surface area contributed by atoms with Crippen LogP contribution in [0.2, 0.25) is 0 Å². The molecule has 5 heteroatoms. The first kappa shape index (κ1) is 16.4. The van der Waals surface area contributed by atoms with Crippen molar-refractivity contribution >= 4 is 5.91 Å². The van der Waals surface area contributed by atoms with Crippen molar-refractivity contribution in [1.82, 2.24) is 14.8 Å². The summed E-state index contributed by atoms with van der Waals surface area (Å²) in [5, 5.41) is 9.22. The Kier molecular flexibility index (Phi) is 5.62. The van der Waals surface area contributed by atoms with E-state index in [2.05, 4.69) is 9.88 Å². The minimum absolute atomic E-state index is 0.0198. The summed E-state index contributed by atoms with van der Waals surface area (Å²) < 4.78 is 0. The number of aliphatic hydroxyl groups excluding tert-OH is 1. The van der Waals surface area contributed by atoms with Crippen molar-refractivity contribution in [2.45, 2.75) is 51.2 Å². The number of amides is 1. The fourth-order valence-electron chi connectivity index (χ4n) is 3.74. The first-order chi connectivity index (χ1) is 11.3. The first-order valence-electron chi connectivity index (χ1n) is 8.88. The van der Waals surface area contributed by atoms with Crippen molar-refractivity contribution in [2.75, 3.05) is 26.2 Å². The molecule has 1 aromatic rings. The Morgan fingerprint density at radius 2 is 1.96 bits per heavy atom. The second-order valence-corrected chi connectivity index (χ2v) is 6.66. The van der Waals surface area contributed by atoms with Crippen molar-refractivity contribution in [2.24, 2.45) is 0 Å². The molecule has 3 heterocycles. The van der Waals surface area contributed by atoms with Crippen molar-refractivity contribution in [3.8, 4) is 0 Å². The van der Waals surface area contributed by atoms with Crippen molar-refractivity contribution in [3.05, 3.63) is 29.6 Å². The summed E-state index contributed by atoms with van der Waals surface area (Å²) in [6, 6.07) is 5.64. The van der Waals surface area contributed by atoms with Gasteiger partial charge in [0.15, 0.2) is 0 Å². The molecule has 126 valence electrons. The second-order valence-electron chi connectivity index (χ2n) is 6.66. The molecule has 1 atom stereocenters. The van der Waals surface area contributed by atoms with Crippen LogP contribution in [-0.4, -0.2) is 58.0 Å². The number of aliphatic hydroxyl groups is 1. The van der Waals surface area contributed by atoms with Crippen LogP contribution < -0.4 is 0 Å². The van der Waals surface area contributed by atoms with E-state index in [9.17, 15) is 9.90 Å². The number of hydrogen-bond donors (Lipinski definition) is 1. The molecule has 23 heavy (non-hydrogen) atoms. The van der Waals surface area contributed by atoms with Gasteiger partial charge in [-0.15, -0.1) is 0 Å². The minimum atomic E-state index is -0.125. The van der Waals surface area contributed by atoms with Gasteiger partial charge in [-0.3, -0.25) is 4.79 Å². The summed E-state index contributed by atoms with van der Waals surface area (Å²) in [4.78, 5) is 21.7. The summed E-state index contributed by atoms with van der Waals surface area (Å²) in [5.74, 6) is 0.0198. The highest BCUT2D eigenvalue weighted by molar-refractivity contribution is 5.92. The summed E-state index contributed by atoms with van der Waals surface area (Å²) >= 11 is 0. The Morgan fingerprint density at radius 1 is 1.17 bits per heavy atom. The monoisotopic (exact) mass is 317 g/mol. The number of nitrogens with zero attached hydrogens (tertiary/aromatic N) is 3. The van der Waals surface area contributed by atoms with E-state index in [4.69, 9.17) is 0 Å². The average Bonchev–Trinajstić information content (AvgIpc) is 3.13. The number of rotatable bonds is 5. The van der Waals surface area contributed by atoms with Gasteiger partial charge >= 0.3 is 0 Å². The predicted octanol–water partition coefficient (Wildman–Crippen LogP) is 2.05. The van der Waals surface area contributed by atoms with E-state index in [1.54, 1.807) is 18.2 Å². The van der Waals surface area contributed by atoms with Crippen LogP contribution in [0.25, 0.3) is 0 Å². The number of hydrogen-bond acceptors (Lipinski definition) is 4. The molecule has 0 unspecified atom stereocenters. The zero-order valence-electron chi connectivity index (χ0n) is 13.8. The van der Waals surface area contributed by atoms with Crippen LogP contribution in [0, 0.1) is 0 Å². The molecule has 2 saturated heterocycles. The molecule has 5 nitrogen and oxygen atoms in total. The van der Waals surface area contributed by atoms with Gasteiger partial charge in [-0.05, 0) is 63.7 Å². The molecule has 0 aliphatic carbocycles. The highest BCUT2D eigenvalue weighted by atomic mass is 16.3. The van der Waals surface area contributed by atoms with Gasteiger partial charge in [-0.25, -0.2) is 4.98 Å². The third kappa shape index (κ3) is 4.09. The van der Waals surface area contributed by atoms with Crippen molar-refractivity contribution < 1.29 is 9.90 Å². The lowest BCUT2D eigenvalue weighted by Crippen LogP contribution is -2.45. The third-order valence-corrected chi connectivity index (χ3v) is 5.05. The molecule has 1 aromatic heterocycles. The van der Waals surface area contributed by atoms with E-state index >= 15 is 0 Å². The number of carbonyl (C=O) groups excluding carboxylic acids is 1. The molecule has 0 bridgehead atoms. The highest BCUT2D eigenvalue weighted by Crippen LogP contribution is 2.22. The van der Waals surface area contributed by atoms with Crippen LogP contribution in [0.15, 0.2) is 18.2 Å². The average molecular weight is 317 g/mol. The molecule has 0 spiro atoms. The summed E-state index contributed by atoms with van der Waals surface area (Å²) in [6.45, 7) is 4.22. The standard InChI is InChI=1S/C18H27N3O2/c22-14-15-6-5-8-17(19-15)18(23)21-12-2-1-7-16(21)9-13-20-10-3-4-11-20/h5-6,8,16,22H,1-4,7,9-14H2/t16-/m0/s1. The van der Waals surface area contributed by atoms with E-state index in [0.29, 0.717) is 17.4 Å². The molecule has 0 radical (unpaired) electrons. The van der Waals surface area contributed by atoms with Crippen LogP contribution in [0.1, 0.15) is 54.7 Å². The van der Waals surface area contributed by atoms with Crippen LogP contribution in [-0.2, 0) is 6.61 Å². The SMILES string of the molecule is O=C(c1cccc(CO)n1)N1CCCC[C@H]1CCN1CCCC1. The maximum absolute atomic E-state index is 12.8. The molecule has 2 aliphatic rings. The van der Waals surface area contributed by atoms with Gasteiger partial charge in [0.1, 0.15) is 5.69 Å². The molecule has 2 aliphatic heterocycles. The summed E-state index contributed by atoms with van der Waals surface area (Å²) in [6.07, 6.45) is 7.06. The summed E-state index contributed by atoms with van der Waals surface area (Å²) in [5.41, 5.74) is 1.02. The van der Waals surface area contributed by atoms with Gasteiger partial charge in [0, 0.05) is 19.1 Å². The Labute approximate surface area is 138 Å². The lowest BCUT2D eigenvalue weighted by atomic mass is 9.98. The van der Waals surface area contributed by atoms with Crippen molar-refractivity contribution in [1.29, 1.82) is 0 Å². The minimum Gasteiger partial charge on any atom is -0.390 e. The Morgan fingerprint density at radius 3 is 2.74 bits per heavy atom. The number of pyridine rings is 1. The predicted molar refractivity (Wildman–Crippen MR) is 89.1 cm³/mol. The van der Waals surface area contributed by atoms with Gasteiger partial charge in [0.25, 0.3) is 5.91 Å². The van der Waals surface area contributed by atoms with Gasteiger partial charge in [-0.1, -0.05) is 6.07 Å². The lowest BCUT2D eigenvalue weighted by molar-refractivity contribution is 0.0581. The smallest absolute Gasteiger partial charge is 0.272 e. The maximum Gasteiger partial charge on any atom is 0.272 e. The number of likely N-dealkylation sites (tertiary alicyclic amines) is 2. The van der Waals surface area contributed by atoms with Gasteiger partial charge < -0.3 is 14.9 Å². The zero-order valence-corrected chi connectivity index (χ0v) is 13.8. The molecule has 0 aromatic carbocycles. The Balaban J connectivity index is 1.65. The Hall–Kier alpha value is -1.46. The van der Waals surface area contributed by atoms with Crippen molar-refractivity contribution in [3.63, 3.8) is 0 Å². The quantitative estimate of drug-likeness (QED) is 0.903. The van der Waals surface area contributed by atoms with Gasteiger partial charge in [0.2, 0.25) is 0 Å². The van der Waals surface area contributed by atoms with Crippen LogP contribution in [0.4, 0.5) is 0 Å². The topological polar surface area (TPSA) is 56.7 Å². The van der Waals surface area contributed by atoms with E-state index < -0.39 is 0 Å². The number of piperidine rings is 1. The number of aromatic nitrogens is 1. The highest BCUT2D eigenvalue weighted by Gasteiger charge is 2.28. The molecule has 0 saturated carbocycles. The fraction of sp³-hybridized carbons (Fsp3) is 0.667. The van der Waals surface area contributed by atoms with Crippen LogP contribution in [0.3, 0.4) is 0 Å². The number of carbonyl (C=O) groups is 1. The van der Waals surface area contributed by atoms with E-state index in [1.807, 2.05) is 4.90 Å². The molecular weight excluding hydrogens is 290 g/mol. The third-order valence-electron chi connectivity index (χ3n) is 5.05. The van der Waals surface area contributed by atoms with E-state index in [-0.39, 0.29) is 12.5 Å². The summed E-state index contributed by atoms with van der Waals surface area (Å²) in [7, 11) is 0. The lowest BCUT2D eigenvalue weighted by Gasteiger charge is -2.36. The molecule has 2 fully saturated rings. The largest absolute Gasteiger partial charge is 0.390 e. The maximum atomic E-state index is 12.8. The zero-order chi connectivity index (χ0) is 16.1. The van der Waals surface area contributed by atoms with E-state index in [1.165, 1.54) is 32.4 Å². The van der Waals surface area contributed by atoms with Crippen LogP contribution >= 0.6 is 0 Å². The second kappa shape index (κ2) is 7.88. The van der Waals surface area contributed by atoms with Gasteiger partial charge in [-0.2, -0.15) is 0 Å². The molecular formula is C18H27N3O2.